The van der Waals surface area contributed by atoms with Gasteiger partial charge in [-0.25, -0.2) is 4.98 Å². The first-order valence-electron chi connectivity index (χ1n) is 6.99. The quantitative estimate of drug-likeness (QED) is 0.789. The van der Waals surface area contributed by atoms with Crippen LogP contribution in [0.1, 0.15) is 48.5 Å². The average molecular weight is 264 g/mol. The summed E-state index contributed by atoms with van der Waals surface area (Å²) in [6.45, 7) is 3.00. The molecule has 6 nitrogen and oxygen atoms in total. The van der Waals surface area contributed by atoms with E-state index in [0.29, 0.717) is 25.3 Å². The van der Waals surface area contributed by atoms with Gasteiger partial charge in [0.1, 0.15) is 5.82 Å². The van der Waals surface area contributed by atoms with Gasteiger partial charge in [-0.1, -0.05) is 12.8 Å². The number of aliphatic hydroxyl groups is 1. The van der Waals surface area contributed by atoms with Crippen LogP contribution < -0.4 is 0 Å². The van der Waals surface area contributed by atoms with Gasteiger partial charge in [-0.3, -0.25) is 9.89 Å². The molecule has 3 rings (SSSR count). The van der Waals surface area contributed by atoms with Crippen LogP contribution in [0.5, 0.6) is 0 Å². The van der Waals surface area contributed by atoms with E-state index in [1.54, 1.807) is 11.8 Å². The van der Waals surface area contributed by atoms with Crippen molar-refractivity contribution in [2.75, 3.05) is 13.1 Å². The van der Waals surface area contributed by atoms with Crippen LogP contribution in [0.15, 0.2) is 0 Å². The molecule has 2 atom stereocenters. The minimum Gasteiger partial charge on any atom is -0.389 e. The van der Waals surface area contributed by atoms with Gasteiger partial charge in [0.25, 0.3) is 5.91 Å². The molecule has 1 saturated carbocycles. The monoisotopic (exact) mass is 264 g/mol. The van der Waals surface area contributed by atoms with Crippen molar-refractivity contribution in [1.82, 2.24) is 20.1 Å². The van der Waals surface area contributed by atoms with Crippen LogP contribution >= 0.6 is 0 Å². The van der Waals surface area contributed by atoms with Gasteiger partial charge in [0.2, 0.25) is 5.82 Å². The summed E-state index contributed by atoms with van der Waals surface area (Å²) >= 11 is 0. The first kappa shape index (κ1) is 12.6. The Morgan fingerprint density at radius 2 is 2.32 bits per heavy atom. The van der Waals surface area contributed by atoms with Crippen molar-refractivity contribution in [2.24, 2.45) is 5.92 Å². The van der Waals surface area contributed by atoms with Crippen molar-refractivity contribution >= 4 is 5.91 Å². The molecule has 6 heteroatoms. The van der Waals surface area contributed by atoms with Gasteiger partial charge in [0.15, 0.2) is 0 Å². The summed E-state index contributed by atoms with van der Waals surface area (Å²) in [6.07, 6.45) is 4.80. The Morgan fingerprint density at radius 3 is 3.05 bits per heavy atom. The van der Waals surface area contributed by atoms with Gasteiger partial charge >= 0.3 is 0 Å². The number of fused-ring (bicyclic) bond motifs is 1. The predicted octanol–water partition coefficient (Wildman–Crippen LogP) is 0.880. The zero-order valence-electron chi connectivity index (χ0n) is 11.2. The number of rotatable bonds is 1. The lowest BCUT2D eigenvalue weighted by molar-refractivity contribution is -0.0887. The second kappa shape index (κ2) is 4.59. The summed E-state index contributed by atoms with van der Waals surface area (Å²) in [5.41, 5.74) is -0.552. The van der Waals surface area contributed by atoms with Crippen LogP contribution in [0.4, 0.5) is 0 Å². The number of aromatic nitrogens is 3. The summed E-state index contributed by atoms with van der Waals surface area (Å²) in [5.74, 6) is 0.962. The molecule has 1 aliphatic carbocycles. The lowest BCUT2D eigenvalue weighted by atomic mass is 9.71. The molecule has 2 N–H and O–H groups in total. The minimum atomic E-state index is -0.552. The molecular weight excluding hydrogens is 244 g/mol. The number of nitrogens with one attached hydrogen (secondary N) is 1. The second-order valence-corrected chi connectivity index (χ2v) is 5.79. The van der Waals surface area contributed by atoms with Crippen molar-refractivity contribution in [3.05, 3.63) is 11.6 Å². The number of aryl methyl sites for hydroxylation is 1. The van der Waals surface area contributed by atoms with Crippen molar-refractivity contribution in [1.29, 1.82) is 0 Å². The van der Waals surface area contributed by atoms with E-state index in [1.165, 1.54) is 0 Å². The van der Waals surface area contributed by atoms with Gasteiger partial charge in [-0.15, -0.1) is 5.10 Å². The SMILES string of the molecule is Cc1nc(C(=O)N2CCC3(O)CCCCC3C2)n[nH]1. The number of hydrogen-bond acceptors (Lipinski definition) is 4. The topological polar surface area (TPSA) is 82.1 Å². The lowest BCUT2D eigenvalue weighted by Gasteiger charge is -2.47. The summed E-state index contributed by atoms with van der Waals surface area (Å²) in [6, 6.07) is 0. The summed E-state index contributed by atoms with van der Waals surface area (Å²) in [5, 5.41) is 17.2. The van der Waals surface area contributed by atoms with Crippen molar-refractivity contribution in [3.63, 3.8) is 0 Å². The van der Waals surface area contributed by atoms with Crippen LogP contribution in [-0.4, -0.2) is 49.8 Å². The number of likely N-dealkylation sites (tertiary alicyclic amines) is 1. The van der Waals surface area contributed by atoms with E-state index in [1.807, 2.05) is 0 Å². The van der Waals surface area contributed by atoms with Crippen LogP contribution in [0.25, 0.3) is 0 Å². The third-order valence-corrected chi connectivity index (χ3v) is 4.50. The predicted molar refractivity (Wildman–Crippen MR) is 68.5 cm³/mol. The highest BCUT2D eigenvalue weighted by atomic mass is 16.3. The maximum absolute atomic E-state index is 12.3. The maximum Gasteiger partial charge on any atom is 0.293 e. The molecule has 2 heterocycles. The number of piperidine rings is 1. The van der Waals surface area contributed by atoms with Gasteiger partial charge in [0, 0.05) is 19.0 Å². The number of hydrogen-bond donors (Lipinski definition) is 2. The number of aromatic amines is 1. The molecule has 0 bridgehead atoms. The number of H-pyrrole nitrogens is 1. The molecular formula is C13H20N4O2. The fourth-order valence-corrected chi connectivity index (χ4v) is 3.34. The van der Waals surface area contributed by atoms with Crippen molar-refractivity contribution in [2.45, 2.75) is 44.6 Å². The van der Waals surface area contributed by atoms with E-state index in [2.05, 4.69) is 15.2 Å². The van der Waals surface area contributed by atoms with E-state index < -0.39 is 5.60 Å². The molecule has 19 heavy (non-hydrogen) atoms. The van der Waals surface area contributed by atoms with Gasteiger partial charge in [0.05, 0.1) is 5.60 Å². The van der Waals surface area contributed by atoms with Crippen molar-refractivity contribution in [3.8, 4) is 0 Å². The lowest BCUT2D eigenvalue weighted by Crippen LogP contribution is -2.54. The second-order valence-electron chi connectivity index (χ2n) is 5.79. The van der Waals surface area contributed by atoms with Crippen LogP contribution in [0, 0.1) is 12.8 Å². The van der Waals surface area contributed by atoms with Crippen LogP contribution in [-0.2, 0) is 0 Å². The number of amides is 1. The smallest absolute Gasteiger partial charge is 0.293 e. The highest BCUT2D eigenvalue weighted by Gasteiger charge is 2.44. The Morgan fingerprint density at radius 1 is 1.47 bits per heavy atom. The number of carbonyl (C=O) groups excluding carboxylic acids is 1. The Bertz CT molecular complexity index is 487. The fraction of sp³-hybridized carbons (Fsp3) is 0.769. The zero-order valence-corrected chi connectivity index (χ0v) is 11.2. The van der Waals surface area contributed by atoms with Gasteiger partial charge in [-0.2, -0.15) is 0 Å². The molecule has 1 aliphatic heterocycles. The fourth-order valence-electron chi connectivity index (χ4n) is 3.34. The standard InChI is InChI=1S/C13H20N4O2/c1-9-14-11(16-15-9)12(18)17-7-6-13(19)5-3-2-4-10(13)8-17/h10,19H,2-8H2,1H3,(H,14,15,16). The molecule has 1 aromatic rings. The normalized spacial score (nSPS) is 31.1. The highest BCUT2D eigenvalue weighted by molar-refractivity contribution is 5.90. The molecule has 2 fully saturated rings. The molecule has 0 radical (unpaired) electrons. The van der Waals surface area contributed by atoms with E-state index >= 15 is 0 Å². The molecule has 2 aliphatic rings. The Kier molecular flexibility index (Phi) is 3.05. The molecule has 1 aromatic heterocycles. The zero-order chi connectivity index (χ0) is 13.5. The molecule has 1 saturated heterocycles. The third kappa shape index (κ3) is 2.25. The Hall–Kier alpha value is -1.43. The molecule has 1 amide bonds. The minimum absolute atomic E-state index is 0.128. The largest absolute Gasteiger partial charge is 0.389 e. The first-order valence-corrected chi connectivity index (χ1v) is 6.99. The Labute approximate surface area is 112 Å². The average Bonchev–Trinajstić information content (AvgIpc) is 2.83. The first-order chi connectivity index (χ1) is 9.08. The van der Waals surface area contributed by atoms with E-state index in [9.17, 15) is 9.90 Å². The summed E-state index contributed by atoms with van der Waals surface area (Å²) in [7, 11) is 0. The molecule has 0 aromatic carbocycles. The van der Waals surface area contributed by atoms with E-state index in [-0.39, 0.29) is 17.6 Å². The maximum atomic E-state index is 12.3. The molecule has 0 spiro atoms. The Balaban J connectivity index is 1.72. The number of nitrogens with zero attached hydrogens (tertiary/aromatic N) is 3. The summed E-state index contributed by atoms with van der Waals surface area (Å²) < 4.78 is 0. The van der Waals surface area contributed by atoms with E-state index in [4.69, 9.17) is 0 Å². The van der Waals surface area contributed by atoms with Gasteiger partial charge < -0.3 is 10.0 Å². The van der Waals surface area contributed by atoms with Crippen molar-refractivity contribution < 1.29 is 9.90 Å². The highest BCUT2D eigenvalue weighted by Crippen LogP contribution is 2.39. The van der Waals surface area contributed by atoms with E-state index in [0.717, 1.165) is 25.7 Å². The van der Waals surface area contributed by atoms with Gasteiger partial charge in [-0.05, 0) is 26.2 Å². The van der Waals surface area contributed by atoms with Crippen LogP contribution in [0.3, 0.4) is 0 Å². The number of carbonyl (C=O) groups is 1. The third-order valence-electron chi connectivity index (χ3n) is 4.50. The summed E-state index contributed by atoms with van der Waals surface area (Å²) in [4.78, 5) is 18.2. The van der Waals surface area contributed by atoms with Crippen LogP contribution in [0.2, 0.25) is 0 Å². The molecule has 104 valence electrons. The molecule has 2 unspecified atom stereocenters.